The topological polar surface area (TPSA) is 29.5 Å². The van der Waals surface area contributed by atoms with E-state index in [2.05, 4.69) is 11.8 Å². The van der Waals surface area contributed by atoms with Gasteiger partial charge in [0.05, 0.1) is 12.2 Å². The van der Waals surface area contributed by atoms with Crippen LogP contribution in [0.4, 0.5) is 0 Å². The monoisotopic (exact) mass is 253 g/mol. The van der Waals surface area contributed by atoms with Crippen LogP contribution in [0.15, 0.2) is 5.38 Å². The van der Waals surface area contributed by atoms with Gasteiger partial charge in [0.15, 0.2) is 0 Å². The third kappa shape index (κ3) is 2.69. The molecular formula is C13H19NO2S. The van der Waals surface area contributed by atoms with Crippen molar-refractivity contribution >= 4 is 17.3 Å². The molecule has 2 rings (SSSR count). The van der Waals surface area contributed by atoms with E-state index in [9.17, 15) is 4.79 Å². The van der Waals surface area contributed by atoms with Crippen LogP contribution >= 0.6 is 11.3 Å². The molecule has 0 amide bonds. The first-order chi connectivity index (χ1) is 8.26. The van der Waals surface area contributed by atoms with E-state index in [-0.39, 0.29) is 5.97 Å². The predicted octanol–water partition coefficient (Wildman–Crippen LogP) is 2.69. The Morgan fingerprint density at radius 1 is 1.53 bits per heavy atom. The van der Waals surface area contributed by atoms with Gasteiger partial charge in [-0.25, -0.2) is 4.79 Å². The third-order valence-corrected chi connectivity index (χ3v) is 4.07. The van der Waals surface area contributed by atoms with Crippen molar-refractivity contribution in [3.05, 3.63) is 21.4 Å². The number of esters is 1. The van der Waals surface area contributed by atoms with Crippen LogP contribution in [0, 0.1) is 0 Å². The molecule has 17 heavy (non-hydrogen) atoms. The second kappa shape index (κ2) is 5.65. The fraction of sp³-hybridized carbons (Fsp3) is 0.615. The molecule has 4 heteroatoms. The van der Waals surface area contributed by atoms with Gasteiger partial charge in [-0.2, -0.15) is 0 Å². The number of thiophene rings is 1. The zero-order valence-corrected chi connectivity index (χ0v) is 11.3. The summed E-state index contributed by atoms with van der Waals surface area (Å²) in [6.07, 6.45) is 2.17. The Morgan fingerprint density at radius 3 is 3.06 bits per heavy atom. The van der Waals surface area contributed by atoms with Crippen molar-refractivity contribution in [3.63, 3.8) is 0 Å². The minimum Gasteiger partial charge on any atom is -0.462 e. The standard InChI is InChI=1S/C13H19NO2S/c1-3-6-14-7-5-10-11(13(15)16-4-2)9-17-12(10)8-14/h9H,3-8H2,1-2H3. The SMILES string of the molecule is CCCN1CCc2c(C(=O)OCC)csc2C1. The van der Waals surface area contributed by atoms with Crippen LogP contribution in [0.3, 0.4) is 0 Å². The molecule has 0 aliphatic carbocycles. The maximum Gasteiger partial charge on any atom is 0.339 e. The third-order valence-electron chi connectivity index (χ3n) is 3.06. The van der Waals surface area contributed by atoms with E-state index < -0.39 is 0 Å². The van der Waals surface area contributed by atoms with Gasteiger partial charge >= 0.3 is 5.97 Å². The summed E-state index contributed by atoms with van der Waals surface area (Å²) in [4.78, 5) is 15.5. The first-order valence-corrected chi connectivity index (χ1v) is 7.13. The molecule has 0 N–H and O–H groups in total. The summed E-state index contributed by atoms with van der Waals surface area (Å²) in [6.45, 7) is 7.70. The number of nitrogens with zero attached hydrogens (tertiary/aromatic N) is 1. The minimum atomic E-state index is -0.158. The van der Waals surface area contributed by atoms with E-state index >= 15 is 0 Å². The first kappa shape index (κ1) is 12.6. The Bertz CT molecular complexity index is 400. The maximum atomic E-state index is 11.8. The van der Waals surface area contributed by atoms with Gasteiger partial charge in [0.1, 0.15) is 0 Å². The Hall–Kier alpha value is -0.870. The molecule has 0 fully saturated rings. The summed E-state index contributed by atoms with van der Waals surface area (Å²) in [5.74, 6) is -0.158. The minimum absolute atomic E-state index is 0.158. The molecule has 0 bridgehead atoms. The van der Waals surface area contributed by atoms with Crippen LogP contribution in [-0.4, -0.2) is 30.6 Å². The smallest absolute Gasteiger partial charge is 0.339 e. The second-order valence-corrected chi connectivity index (χ2v) is 5.26. The number of hydrogen-bond donors (Lipinski definition) is 0. The number of rotatable bonds is 4. The summed E-state index contributed by atoms with van der Waals surface area (Å²) in [6, 6.07) is 0. The summed E-state index contributed by atoms with van der Waals surface area (Å²) >= 11 is 1.69. The molecule has 1 aromatic heterocycles. The van der Waals surface area contributed by atoms with Gasteiger partial charge in [-0.1, -0.05) is 6.92 Å². The molecule has 1 aliphatic heterocycles. The highest BCUT2D eigenvalue weighted by Gasteiger charge is 2.23. The largest absolute Gasteiger partial charge is 0.462 e. The number of hydrogen-bond acceptors (Lipinski definition) is 4. The van der Waals surface area contributed by atoms with Crippen LogP contribution in [0.2, 0.25) is 0 Å². The molecule has 0 atom stereocenters. The summed E-state index contributed by atoms with van der Waals surface area (Å²) in [5.41, 5.74) is 2.02. The van der Waals surface area contributed by atoms with E-state index in [1.54, 1.807) is 11.3 Å². The van der Waals surface area contributed by atoms with Crippen molar-refractivity contribution in [2.45, 2.75) is 33.2 Å². The summed E-state index contributed by atoms with van der Waals surface area (Å²) in [7, 11) is 0. The van der Waals surface area contributed by atoms with Crippen molar-refractivity contribution in [1.82, 2.24) is 4.90 Å². The van der Waals surface area contributed by atoms with Gasteiger partial charge in [-0.3, -0.25) is 4.90 Å². The van der Waals surface area contributed by atoms with Crippen LogP contribution in [0.25, 0.3) is 0 Å². The number of carbonyl (C=O) groups excluding carboxylic acids is 1. The Balaban J connectivity index is 2.12. The van der Waals surface area contributed by atoms with E-state index in [0.717, 1.165) is 31.6 Å². The molecule has 0 saturated heterocycles. The Kier molecular flexibility index (Phi) is 4.18. The zero-order chi connectivity index (χ0) is 12.3. The molecule has 0 unspecified atom stereocenters. The Labute approximate surface area is 106 Å². The number of ether oxygens (including phenoxy) is 1. The fourth-order valence-electron chi connectivity index (χ4n) is 2.27. The lowest BCUT2D eigenvalue weighted by Gasteiger charge is -2.26. The molecule has 0 spiro atoms. The highest BCUT2D eigenvalue weighted by Crippen LogP contribution is 2.29. The van der Waals surface area contributed by atoms with E-state index in [0.29, 0.717) is 6.61 Å². The van der Waals surface area contributed by atoms with Crippen molar-refractivity contribution in [2.75, 3.05) is 19.7 Å². The highest BCUT2D eigenvalue weighted by molar-refractivity contribution is 7.10. The normalized spacial score (nSPS) is 15.6. The van der Waals surface area contributed by atoms with E-state index in [4.69, 9.17) is 4.74 Å². The van der Waals surface area contributed by atoms with Gasteiger partial charge in [-0.05, 0) is 31.9 Å². The van der Waals surface area contributed by atoms with Crippen LogP contribution in [0.1, 0.15) is 41.1 Å². The van der Waals surface area contributed by atoms with Crippen molar-refractivity contribution in [3.8, 4) is 0 Å². The average molecular weight is 253 g/mol. The molecule has 0 radical (unpaired) electrons. The predicted molar refractivity (Wildman–Crippen MR) is 69.5 cm³/mol. The van der Waals surface area contributed by atoms with Crippen LogP contribution < -0.4 is 0 Å². The van der Waals surface area contributed by atoms with Crippen molar-refractivity contribution in [1.29, 1.82) is 0 Å². The van der Waals surface area contributed by atoms with Crippen molar-refractivity contribution < 1.29 is 9.53 Å². The lowest BCUT2D eigenvalue weighted by Crippen LogP contribution is -2.30. The quantitative estimate of drug-likeness (QED) is 0.773. The lowest BCUT2D eigenvalue weighted by molar-refractivity contribution is 0.0525. The molecule has 94 valence electrons. The summed E-state index contributed by atoms with van der Waals surface area (Å²) < 4.78 is 5.08. The molecule has 0 aromatic carbocycles. The van der Waals surface area contributed by atoms with Crippen LogP contribution in [-0.2, 0) is 17.7 Å². The van der Waals surface area contributed by atoms with Crippen LogP contribution in [0.5, 0.6) is 0 Å². The van der Waals surface area contributed by atoms with Gasteiger partial charge in [0, 0.05) is 23.3 Å². The second-order valence-electron chi connectivity index (χ2n) is 4.30. The van der Waals surface area contributed by atoms with E-state index in [1.165, 1.54) is 16.9 Å². The van der Waals surface area contributed by atoms with Gasteiger partial charge in [0.2, 0.25) is 0 Å². The van der Waals surface area contributed by atoms with Gasteiger partial charge in [0.25, 0.3) is 0 Å². The number of fused-ring (bicyclic) bond motifs is 1. The molecule has 1 aliphatic rings. The lowest BCUT2D eigenvalue weighted by atomic mass is 10.0. The molecular weight excluding hydrogens is 234 g/mol. The van der Waals surface area contributed by atoms with Crippen molar-refractivity contribution in [2.24, 2.45) is 0 Å². The first-order valence-electron chi connectivity index (χ1n) is 6.25. The molecule has 3 nitrogen and oxygen atoms in total. The average Bonchev–Trinajstić information content (AvgIpc) is 2.73. The molecule has 1 aromatic rings. The highest BCUT2D eigenvalue weighted by atomic mass is 32.1. The Morgan fingerprint density at radius 2 is 2.35 bits per heavy atom. The molecule has 0 saturated carbocycles. The van der Waals surface area contributed by atoms with E-state index in [1.807, 2.05) is 12.3 Å². The summed E-state index contributed by atoms with van der Waals surface area (Å²) in [5, 5.41) is 1.96. The van der Waals surface area contributed by atoms with Gasteiger partial charge < -0.3 is 4.74 Å². The van der Waals surface area contributed by atoms with Gasteiger partial charge in [-0.15, -0.1) is 11.3 Å². The zero-order valence-electron chi connectivity index (χ0n) is 10.5. The fourth-order valence-corrected chi connectivity index (χ4v) is 3.38. The maximum absolute atomic E-state index is 11.8. The number of carbonyl (C=O) groups is 1. The molecule has 2 heterocycles.